The van der Waals surface area contributed by atoms with Crippen molar-refractivity contribution >= 4 is 0 Å². The van der Waals surface area contributed by atoms with Crippen molar-refractivity contribution in [2.45, 2.75) is 25.5 Å². The van der Waals surface area contributed by atoms with E-state index >= 15 is 0 Å². The molecule has 1 heterocycles. The second-order valence-electron chi connectivity index (χ2n) is 2.09. The van der Waals surface area contributed by atoms with E-state index < -0.39 is 6.10 Å². The minimum Gasteiger partial charge on any atom is -0.330 e. The summed E-state index contributed by atoms with van der Waals surface area (Å²) in [4.78, 5) is 0. The van der Waals surface area contributed by atoms with E-state index in [4.69, 9.17) is 15.6 Å². The molecule has 4 heteroatoms. The Hall–Kier alpha value is -0.160. The summed E-state index contributed by atoms with van der Waals surface area (Å²) >= 11 is 0. The van der Waals surface area contributed by atoms with Gasteiger partial charge in [-0.15, -0.1) is 0 Å². The van der Waals surface area contributed by atoms with Gasteiger partial charge in [-0.3, -0.25) is 5.73 Å². The van der Waals surface area contributed by atoms with Gasteiger partial charge in [0.1, 0.15) is 0 Å². The third kappa shape index (κ3) is 1.62. The number of hydrogen-bond donors (Lipinski definition) is 2. The van der Waals surface area contributed by atoms with Crippen LogP contribution in [-0.4, -0.2) is 23.9 Å². The van der Waals surface area contributed by atoms with Gasteiger partial charge in [0, 0.05) is 0 Å². The molecule has 0 amide bonds. The second kappa shape index (κ2) is 2.22. The van der Waals surface area contributed by atoms with Crippen molar-refractivity contribution in [2.75, 3.05) is 6.61 Å². The van der Waals surface area contributed by atoms with Gasteiger partial charge in [-0.25, -0.2) is 0 Å². The second-order valence-corrected chi connectivity index (χ2v) is 2.09. The first kappa shape index (κ1) is 6.95. The largest absolute Gasteiger partial charge is 0.346 e. The summed E-state index contributed by atoms with van der Waals surface area (Å²) in [5, 5.41) is 8.83. The molecule has 0 saturated carbocycles. The van der Waals surface area contributed by atoms with E-state index in [1.54, 1.807) is 0 Å². The van der Waals surface area contributed by atoms with E-state index in [1.165, 1.54) is 0 Å². The van der Waals surface area contributed by atoms with Gasteiger partial charge in [0.25, 0.3) is 0 Å². The molecule has 54 valence electrons. The number of rotatable bonds is 1. The molecule has 0 aliphatic carbocycles. The van der Waals surface area contributed by atoms with E-state index in [2.05, 4.69) is 4.74 Å². The van der Waals surface area contributed by atoms with Crippen molar-refractivity contribution in [2.24, 2.45) is 5.73 Å². The Morgan fingerprint density at radius 3 is 2.78 bits per heavy atom. The van der Waals surface area contributed by atoms with E-state index in [1.807, 2.05) is 6.92 Å². The SMILES string of the molecule is CCC1COC(N)(O)O1. The molecule has 1 saturated heterocycles. The van der Waals surface area contributed by atoms with Gasteiger partial charge in [-0.2, -0.15) is 0 Å². The van der Waals surface area contributed by atoms with Crippen molar-refractivity contribution in [3.63, 3.8) is 0 Å². The van der Waals surface area contributed by atoms with Crippen LogP contribution < -0.4 is 5.73 Å². The monoisotopic (exact) mass is 133 g/mol. The molecule has 2 unspecified atom stereocenters. The molecule has 0 radical (unpaired) electrons. The van der Waals surface area contributed by atoms with E-state index in [0.717, 1.165) is 6.42 Å². The molecule has 1 rings (SSSR count). The Bertz CT molecular complexity index is 104. The molecule has 3 N–H and O–H groups in total. The molecule has 1 aliphatic rings. The summed E-state index contributed by atoms with van der Waals surface area (Å²) in [6.45, 7) is 2.32. The predicted octanol–water partition coefficient (Wildman–Crippen LogP) is -0.626. The van der Waals surface area contributed by atoms with Crippen molar-refractivity contribution in [1.82, 2.24) is 0 Å². The van der Waals surface area contributed by atoms with Crippen LogP contribution in [-0.2, 0) is 9.47 Å². The average molecular weight is 133 g/mol. The third-order valence-corrected chi connectivity index (χ3v) is 1.27. The van der Waals surface area contributed by atoms with Crippen LogP contribution >= 0.6 is 0 Å². The van der Waals surface area contributed by atoms with Crippen LogP contribution in [0.4, 0.5) is 0 Å². The zero-order valence-electron chi connectivity index (χ0n) is 5.33. The Morgan fingerprint density at radius 2 is 2.56 bits per heavy atom. The summed E-state index contributed by atoms with van der Waals surface area (Å²) in [7, 11) is 0. The molecular weight excluding hydrogens is 122 g/mol. The lowest BCUT2D eigenvalue weighted by molar-refractivity contribution is -0.307. The fraction of sp³-hybridized carbons (Fsp3) is 1.00. The van der Waals surface area contributed by atoms with E-state index in [0.29, 0.717) is 6.61 Å². The molecule has 9 heavy (non-hydrogen) atoms. The van der Waals surface area contributed by atoms with Gasteiger partial charge in [0.15, 0.2) is 0 Å². The predicted molar refractivity (Wildman–Crippen MR) is 30.3 cm³/mol. The molecule has 0 spiro atoms. The Kier molecular flexibility index (Phi) is 1.72. The quantitative estimate of drug-likeness (QED) is 0.467. The van der Waals surface area contributed by atoms with Crippen molar-refractivity contribution < 1.29 is 14.6 Å². The highest BCUT2D eigenvalue weighted by Gasteiger charge is 2.34. The van der Waals surface area contributed by atoms with Crippen LogP contribution in [0.25, 0.3) is 0 Å². The molecular formula is C5H11NO3. The van der Waals surface area contributed by atoms with Crippen LogP contribution in [0.3, 0.4) is 0 Å². The topological polar surface area (TPSA) is 64.7 Å². The van der Waals surface area contributed by atoms with Gasteiger partial charge < -0.3 is 14.6 Å². The van der Waals surface area contributed by atoms with Crippen LogP contribution in [0.15, 0.2) is 0 Å². The van der Waals surface area contributed by atoms with Gasteiger partial charge >= 0.3 is 6.10 Å². The van der Waals surface area contributed by atoms with Gasteiger partial charge in [-0.05, 0) is 6.42 Å². The van der Waals surface area contributed by atoms with Crippen LogP contribution in [0.5, 0.6) is 0 Å². The molecule has 0 bridgehead atoms. The van der Waals surface area contributed by atoms with Gasteiger partial charge in [0.2, 0.25) is 0 Å². The van der Waals surface area contributed by atoms with E-state index in [9.17, 15) is 0 Å². The smallest absolute Gasteiger partial charge is 0.330 e. The highest BCUT2D eigenvalue weighted by atomic mass is 16.9. The Labute approximate surface area is 53.6 Å². The number of hydrogen-bond acceptors (Lipinski definition) is 4. The number of nitrogens with two attached hydrogens (primary N) is 1. The van der Waals surface area contributed by atoms with E-state index in [-0.39, 0.29) is 6.10 Å². The first-order valence-electron chi connectivity index (χ1n) is 2.97. The maximum Gasteiger partial charge on any atom is 0.346 e. The standard InChI is InChI=1S/C5H11NO3/c1-2-4-3-8-5(6,7)9-4/h4,7H,2-3,6H2,1H3. The summed E-state index contributed by atoms with van der Waals surface area (Å²) in [6, 6.07) is 0. The third-order valence-electron chi connectivity index (χ3n) is 1.27. The molecule has 0 aromatic heterocycles. The highest BCUT2D eigenvalue weighted by Crippen LogP contribution is 2.16. The zero-order chi connectivity index (χ0) is 6.91. The van der Waals surface area contributed by atoms with Crippen LogP contribution in [0.2, 0.25) is 0 Å². The normalized spacial score (nSPS) is 43.7. The minimum atomic E-state index is -1.83. The average Bonchev–Trinajstić information content (AvgIpc) is 2.10. The van der Waals surface area contributed by atoms with Gasteiger partial charge in [0.05, 0.1) is 12.7 Å². The molecule has 1 fully saturated rings. The molecule has 0 aromatic rings. The zero-order valence-corrected chi connectivity index (χ0v) is 5.33. The van der Waals surface area contributed by atoms with Crippen molar-refractivity contribution in [3.05, 3.63) is 0 Å². The summed E-state index contributed by atoms with van der Waals surface area (Å²) in [5.41, 5.74) is 5.05. The maximum atomic E-state index is 8.83. The molecule has 2 atom stereocenters. The van der Waals surface area contributed by atoms with Gasteiger partial charge in [-0.1, -0.05) is 6.92 Å². The highest BCUT2D eigenvalue weighted by molar-refractivity contribution is 4.62. The fourth-order valence-corrected chi connectivity index (χ4v) is 0.720. The Morgan fingerprint density at radius 1 is 1.89 bits per heavy atom. The summed E-state index contributed by atoms with van der Waals surface area (Å²) in [6.07, 6.45) is -1.08. The lowest BCUT2D eigenvalue weighted by Crippen LogP contribution is -2.40. The Balaban J connectivity index is 2.38. The first-order valence-corrected chi connectivity index (χ1v) is 2.97. The molecule has 1 aliphatic heterocycles. The maximum absolute atomic E-state index is 8.83. The summed E-state index contributed by atoms with van der Waals surface area (Å²) in [5.74, 6) is 0. The fourth-order valence-electron chi connectivity index (χ4n) is 0.720. The van der Waals surface area contributed by atoms with Crippen LogP contribution in [0, 0.1) is 0 Å². The van der Waals surface area contributed by atoms with Crippen molar-refractivity contribution in [1.29, 1.82) is 0 Å². The lowest BCUT2D eigenvalue weighted by atomic mass is 10.3. The minimum absolute atomic E-state index is 0.0556. The number of ether oxygens (including phenoxy) is 2. The molecule has 4 nitrogen and oxygen atoms in total. The number of aliphatic hydroxyl groups is 1. The summed E-state index contributed by atoms with van der Waals surface area (Å²) < 4.78 is 9.46. The van der Waals surface area contributed by atoms with Crippen molar-refractivity contribution in [3.8, 4) is 0 Å². The van der Waals surface area contributed by atoms with Crippen LogP contribution in [0.1, 0.15) is 13.3 Å². The first-order chi connectivity index (χ1) is 4.14. The lowest BCUT2D eigenvalue weighted by Gasteiger charge is -2.13. The molecule has 0 aromatic carbocycles.